The molecule has 8 nitrogen and oxygen atoms in total. The molecule has 3 fully saturated rings. The molecular formula is C25H30N2O6. The number of hydrogen-bond acceptors (Lipinski definition) is 6. The van der Waals surface area contributed by atoms with E-state index in [1.165, 1.54) is 32.0 Å². The van der Waals surface area contributed by atoms with Crippen LogP contribution in [0.3, 0.4) is 0 Å². The molecule has 2 bridgehead atoms. The number of carboxylic acids is 1. The lowest BCUT2D eigenvalue weighted by atomic mass is 9.79. The zero-order chi connectivity index (χ0) is 23.6. The summed E-state index contributed by atoms with van der Waals surface area (Å²) in [6.07, 6.45) is 4.46. The second-order valence-corrected chi connectivity index (χ2v) is 8.09. The first-order chi connectivity index (χ1) is 16.0. The minimum atomic E-state index is -1.05. The van der Waals surface area contributed by atoms with E-state index in [2.05, 4.69) is 22.0 Å². The van der Waals surface area contributed by atoms with Crippen LogP contribution in [-0.4, -0.2) is 58.9 Å². The SMILES string of the molecule is CC1C(NC(=O)c2ccc(Oc3ccccc3)cc2)C2CCN1CC2.O=C(O)/C=C/COO. The van der Waals surface area contributed by atoms with Crippen molar-refractivity contribution in [2.45, 2.75) is 31.8 Å². The molecule has 3 heterocycles. The summed E-state index contributed by atoms with van der Waals surface area (Å²) in [4.78, 5) is 28.3. The smallest absolute Gasteiger partial charge is 0.328 e. The van der Waals surface area contributed by atoms with Gasteiger partial charge in [0, 0.05) is 23.7 Å². The third-order valence-electron chi connectivity index (χ3n) is 6.00. The Bertz CT molecular complexity index is 922. The summed E-state index contributed by atoms with van der Waals surface area (Å²) >= 11 is 0. The maximum absolute atomic E-state index is 12.6. The van der Waals surface area contributed by atoms with Crippen molar-refractivity contribution in [3.05, 3.63) is 72.3 Å². The number of carbonyl (C=O) groups excluding carboxylic acids is 1. The molecule has 0 aromatic heterocycles. The Morgan fingerprint density at radius 1 is 1.06 bits per heavy atom. The number of nitrogens with one attached hydrogen (secondary N) is 1. The monoisotopic (exact) mass is 454 g/mol. The van der Waals surface area contributed by atoms with Crippen molar-refractivity contribution in [3.8, 4) is 11.5 Å². The predicted octanol–water partition coefficient (Wildman–Crippen LogP) is 3.81. The molecule has 2 aromatic carbocycles. The summed E-state index contributed by atoms with van der Waals surface area (Å²) in [6, 6.07) is 17.7. The van der Waals surface area contributed by atoms with Gasteiger partial charge in [0.05, 0.1) is 0 Å². The number of piperidine rings is 3. The van der Waals surface area contributed by atoms with E-state index in [1.54, 1.807) is 0 Å². The zero-order valence-electron chi connectivity index (χ0n) is 18.6. The first kappa shape index (κ1) is 24.4. The number of amides is 1. The molecule has 3 aliphatic heterocycles. The van der Waals surface area contributed by atoms with Gasteiger partial charge in [-0.15, -0.1) is 0 Å². The number of aliphatic carboxylic acids is 1. The summed E-state index contributed by atoms with van der Waals surface area (Å²) in [5.74, 6) is 1.10. The van der Waals surface area contributed by atoms with E-state index in [4.69, 9.17) is 15.1 Å². The average molecular weight is 455 g/mol. The summed E-state index contributed by atoms with van der Waals surface area (Å²) < 4.78 is 5.78. The topological polar surface area (TPSA) is 108 Å². The largest absolute Gasteiger partial charge is 0.478 e. The second kappa shape index (κ2) is 12.2. The molecule has 2 atom stereocenters. The predicted molar refractivity (Wildman–Crippen MR) is 123 cm³/mol. The highest BCUT2D eigenvalue weighted by Crippen LogP contribution is 2.32. The highest BCUT2D eigenvalue weighted by atomic mass is 17.1. The van der Waals surface area contributed by atoms with Gasteiger partial charge in [-0.1, -0.05) is 18.2 Å². The zero-order valence-corrected chi connectivity index (χ0v) is 18.6. The molecule has 33 heavy (non-hydrogen) atoms. The number of hydrogen-bond donors (Lipinski definition) is 3. The number of ether oxygens (including phenoxy) is 1. The highest BCUT2D eigenvalue weighted by molar-refractivity contribution is 5.94. The molecule has 8 heteroatoms. The van der Waals surface area contributed by atoms with Crippen LogP contribution in [0.25, 0.3) is 0 Å². The Kier molecular flexibility index (Phi) is 9.00. The quantitative estimate of drug-likeness (QED) is 0.332. The number of carbonyl (C=O) groups is 2. The average Bonchev–Trinajstić information content (AvgIpc) is 2.83. The lowest BCUT2D eigenvalue weighted by Gasteiger charge is -2.49. The molecule has 3 N–H and O–H groups in total. The lowest BCUT2D eigenvalue weighted by Crippen LogP contribution is -2.62. The summed E-state index contributed by atoms with van der Waals surface area (Å²) in [6.45, 7) is 4.48. The minimum Gasteiger partial charge on any atom is -0.478 e. The first-order valence-corrected chi connectivity index (χ1v) is 11.0. The molecular weight excluding hydrogens is 424 g/mol. The van der Waals surface area contributed by atoms with E-state index < -0.39 is 5.97 Å². The van der Waals surface area contributed by atoms with Crippen molar-refractivity contribution in [2.75, 3.05) is 19.7 Å². The van der Waals surface area contributed by atoms with Gasteiger partial charge in [0.15, 0.2) is 0 Å². The number of benzene rings is 2. The van der Waals surface area contributed by atoms with Gasteiger partial charge in [0.2, 0.25) is 0 Å². The van der Waals surface area contributed by atoms with E-state index >= 15 is 0 Å². The Morgan fingerprint density at radius 3 is 2.27 bits per heavy atom. The Balaban J connectivity index is 0.000000331. The van der Waals surface area contributed by atoms with E-state index in [0.717, 1.165) is 17.6 Å². The van der Waals surface area contributed by atoms with Gasteiger partial charge in [0.25, 0.3) is 5.91 Å². The number of carboxylic acid groups (broad SMARTS) is 1. The van der Waals surface area contributed by atoms with Crippen LogP contribution in [-0.2, 0) is 9.68 Å². The van der Waals surface area contributed by atoms with Crippen molar-refractivity contribution >= 4 is 11.9 Å². The number of rotatable bonds is 7. The van der Waals surface area contributed by atoms with Crippen LogP contribution in [0, 0.1) is 5.92 Å². The fraction of sp³-hybridized carbons (Fsp3) is 0.360. The van der Waals surface area contributed by atoms with Crippen LogP contribution in [0.5, 0.6) is 11.5 Å². The van der Waals surface area contributed by atoms with Gasteiger partial charge in [-0.25, -0.2) is 9.68 Å². The van der Waals surface area contributed by atoms with Gasteiger partial charge >= 0.3 is 5.97 Å². The fourth-order valence-electron chi connectivity index (χ4n) is 4.27. The van der Waals surface area contributed by atoms with Crippen LogP contribution in [0.2, 0.25) is 0 Å². The van der Waals surface area contributed by atoms with E-state index in [0.29, 0.717) is 17.5 Å². The van der Waals surface area contributed by atoms with E-state index in [9.17, 15) is 9.59 Å². The molecule has 2 aromatic rings. The van der Waals surface area contributed by atoms with Crippen LogP contribution in [0.15, 0.2) is 66.7 Å². The summed E-state index contributed by atoms with van der Waals surface area (Å²) in [7, 11) is 0. The van der Waals surface area contributed by atoms with E-state index in [-0.39, 0.29) is 18.6 Å². The summed E-state index contributed by atoms with van der Waals surface area (Å²) in [5.41, 5.74) is 0.684. The van der Waals surface area contributed by atoms with Gasteiger partial charge in [0.1, 0.15) is 18.1 Å². The molecule has 0 spiro atoms. The molecule has 3 saturated heterocycles. The molecule has 176 valence electrons. The van der Waals surface area contributed by atoms with Gasteiger partial charge in [-0.3, -0.25) is 15.0 Å². The third-order valence-corrected chi connectivity index (χ3v) is 6.00. The Morgan fingerprint density at radius 2 is 1.70 bits per heavy atom. The Hall–Kier alpha value is -3.20. The second-order valence-electron chi connectivity index (χ2n) is 8.09. The van der Waals surface area contributed by atoms with Crippen molar-refractivity contribution in [1.82, 2.24) is 10.2 Å². The third kappa shape index (κ3) is 7.15. The molecule has 0 aliphatic carbocycles. The number of nitrogens with zero attached hydrogens (tertiary/aromatic N) is 1. The highest BCUT2D eigenvalue weighted by Gasteiger charge is 2.40. The van der Waals surface area contributed by atoms with Crippen LogP contribution in [0.1, 0.15) is 30.1 Å². The lowest BCUT2D eigenvalue weighted by molar-refractivity contribution is -0.231. The maximum atomic E-state index is 12.6. The number of fused-ring (bicyclic) bond motifs is 3. The molecule has 3 aliphatic rings. The normalized spacial score (nSPS) is 23.5. The molecule has 0 radical (unpaired) electrons. The van der Waals surface area contributed by atoms with E-state index in [1.807, 2.05) is 54.6 Å². The molecule has 2 unspecified atom stereocenters. The van der Waals surface area contributed by atoms with Crippen molar-refractivity contribution < 1.29 is 29.6 Å². The fourth-order valence-corrected chi connectivity index (χ4v) is 4.27. The van der Waals surface area contributed by atoms with Crippen LogP contribution in [0.4, 0.5) is 0 Å². The first-order valence-electron chi connectivity index (χ1n) is 11.0. The van der Waals surface area contributed by atoms with Crippen molar-refractivity contribution in [3.63, 3.8) is 0 Å². The minimum absolute atomic E-state index is 0.0110. The standard InChI is InChI=1S/C21H24N2O2.C4H6O4/c1-15-20(16-11-13-23(15)14-12-16)22-21(24)17-7-9-19(10-8-17)25-18-5-3-2-4-6-18;5-4(6)2-1-3-8-7/h2-10,15-16,20H,11-14H2,1H3,(H,22,24);1-2,7H,3H2,(H,5,6)/b;2-1+. The van der Waals surface area contributed by atoms with Gasteiger partial charge in [-0.2, -0.15) is 0 Å². The Labute approximate surface area is 193 Å². The van der Waals surface area contributed by atoms with Crippen LogP contribution >= 0.6 is 0 Å². The van der Waals surface area contributed by atoms with Crippen molar-refractivity contribution in [1.29, 1.82) is 0 Å². The van der Waals surface area contributed by atoms with Gasteiger partial charge in [-0.05, 0) is 81.2 Å². The van der Waals surface area contributed by atoms with Gasteiger partial charge < -0.3 is 15.2 Å². The van der Waals surface area contributed by atoms with Crippen molar-refractivity contribution in [2.24, 2.45) is 5.92 Å². The molecule has 0 saturated carbocycles. The molecule has 5 rings (SSSR count). The number of para-hydroxylation sites is 1. The maximum Gasteiger partial charge on any atom is 0.328 e. The summed E-state index contributed by atoms with van der Waals surface area (Å²) in [5, 5.41) is 18.8. The molecule has 1 amide bonds. The van der Waals surface area contributed by atoms with Crippen LogP contribution < -0.4 is 10.1 Å².